The van der Waals surface area contributed by atoms with Gasteiger partial charge in [-0.05, 0) is 39.8 Å². The lowest BCUT2D eigenvalue weighted by Crippen LogP contribution is -2.42. The summed E-state index contributed by atoms with van der Waals surface area (Å²) in [5.41, 5.74) is 4.51. The first-order valence-electron chi connectivity index (χ1n) is 10.4. The Morgan fingerprint density at radius 3 is 2.22 bits per heavy atom. The lowest BCUT2D eigenvalue weighted by Gasteiger charge is -2.17. The molecular weight excluding hydrogens is 422 g/mol. The number of alkyl carbamates (subject to hydrolysis) is 1. The quantitative estimate of drug-likeness (QED) is 0.416. The van der Waals surface area contributed by atoms with Crippen molar-refractivity contribution in [2.24, 2.45) is 0 Å². The predicted octanol–water partition coefficient (Wildman–Crippen LogP) is 5.44. The zero-order chi connectivity index (χ0) is 22.1. The van der Waals surface area contributed by atoms with E-state index in [0.29, 0.717) is 0 Å². The second-order valence-electron chi connectivity index (χ2n) is 7.82. The molecule has 0 radical (unpaired) electrons. The Morgan fingerprint density at radius 1 is 0.938 bits per heavy atom. The van der Waals surface area contributed by atoms with Crippen LogP contribution in [0.3, 0.4) is 0 Å². The van der Waals surface area contributed by atoms with Crippen LogP contribution in [0.2, 0.25) is 0 Å². The predicted molar refractivity (Wildman–Crippen MR) is 125 cm³/mol. The molecule has 0 spiro atoms. The average molecular weight is 444 g/mol. The van der Waals surface area contributed by atoms with Crippen molar-refractivity contribution in [3.05, 3.63) is 94.9 Å². The molecule has 160 valence electrons. The molecule has 5 rings (SSSR count). The summed E-state index contributed by atoms with van der Waals surface area (Å²) < 4.78 is 6.60. The van der Waals surface area contributed by atoms with Crippen molar-refractivity contribution < 1.29 is 19.4 Å². The summed E-state index contributed by atoms with van der Waals surface area (Å²) in [5.74, 6) is -1.16. The van der Waals surface area contributed by atoms with E-state index in [-0.39, 0.29) is 18.9 Å². The number of benzene rings is 3. The van der Waals surface area contributed by atoms with E-state index in [1.165, 1.54) is 11.3 Å². The van der Waals surface area contributed by atoms with Crippen LogP contribution in [0.15, 0.2) is 78.9 Å². The largest absolute Gasteiger partial charge is 0.480 e. The van der Waals surface area contributed by atoms with Crippen molar-refractivity contribution in [1.82, 2.24) is 5.32 Å². The number of carbonyl (C=O) groups is 2. The number of carboxylic acid groups (broad SMARTS) is 1. The Balaban J connectivity index is 1.27. The van der Waals surface area contributed by atoms with Crippen LogP contribution >= 0.6 is 11.3 Å². The maximum Gasteiger partial charge on any atom is 0.407 e. The first-order chi connectivity index (χ1) is 15.6. The lowest BCUT2D eigenvalue weighted by atomic mass is 9.98. The molecule has 4 aromatic rings. The van der Waals surface area contributed by atoms with Crippen LogP contribution in [0.5, 0.6) is 0 Å². The number of carbonyl (C=O) groups excluding carboxylic acids is 1. The molecule has 1 heterocycles. The van der Waals surface area contributed by atoms with Gasteiger partial charge in [-0.3, -0.25) is 0 Å². The van der Waals surface area contributed by atoms with Gasteiger partial charge in [0, 0.05) is 21.9 Å². The van der Waals surface area contributed by atoms with Gasteiger partial charge in [0.2, 0.25) is 0 Å². The smallest absolute Gasteiger partial charge is 0.407 e. The first kappa shape index (κ1) is 20.3. The van der Waals surface area contributed by atoms with Gasteiger partial charge in [-0.15, -0.1) is 11.3 Å². The third-order valence-corrected chi connectivity index (χ3v) is 6.95. The van der Waals surface area contributed by atoms with Gasteiger partial charge >= 0.3 is 12.1 Å². The van der Waals surface area contributed by atoms with Crippen molar-refractivity contribution in [3.63, 3.8) is 0 Å². The summed E-state index contributed by atoms with van der Waals surface area (Å²) in [6.07, 6.45) is -0.515. The van der Waals surface area contributed by atoms with Crippen LogP contribution < -0.4 is 5.32 Å². The van der Waals surface area contributed by atoms with Crippen LogP contribution in [-0.4, -0.2) is 29.8 Å². The summed E-state index contributed by atoms with van der Waals surface area (Å²) in [5, 5.41) is 13.2. The highest BCUT2D eigenvalue weighted by Gasteiger charge is 2.30. The molecule has 5 nitrogen and oxygen atoms in total. The number of fused-ring (bicyclic) bond motifs is 4. The molecule has 3 aromatic carbocycles. The standard InChI is InChI=1S/C26H21NO4S/c28-25(29)23(14-17-13-16-7-1-6-12-24(16)32-17)27-26(30)31-15-22-20-10-4-2-8-18(20)19-9-3-5-11-21(19)22/h1-13,22-23H,14-15H2,(H,27,30)(H,28,29)/t23-/m0/s1. The molecule has 2 N–H and O–H groups in total. The van der Waals surface area contributed by atoms with Crippen molar-refractivity contribution in [2.45, 2.75) is 18.4 Å². The van der Waals surface area contributed by atoms with Crippen LogP contribution in [0.25, 0.3) is 21.2 Å². The minimum atomic E-state index is -1.09. The number of amides is 1. The molecule has 1 aliphatic rings. The third kappa shape index (κ3) is 3.85. The summed E-state index contributed by atoms with van der Waals surface area (Å²) >= 11 is 1.53. The Kier molecular flexibility index (Phi) is 5.37. The number of aliphatic carboxylic acids is 1. The van der Waals surface area contributed by atoms with Gasteiger partial charge in [-0.1, -0.05) is 66.7 Å². The molecule has 1 atom stereocenters. The molecule has 0 fully saturated rings. The second-order valence-corrected chi connectivity index (χ2v) is 8.98. The zero-order valence-corrected chi connectivity index (χ0v) is 18.0. The summed E-state index contributed by atoms with van der Waals surface area (Å²) in [4.78, 5) is 25.2. The van der Waals surface area contributed by atoms with E-state index in [1.807, 2.05) is 66.7 Å². The van der Waals surface area contributed by atoms with Gasteiger partial charge in [0.25, 0.3) is 0 Å². The van der Waals surface area contributed by atoms with Crippen molar-refractivity contribution >= 4 is 33.5 Å². The highest BCUT2D eigenvalue weighted by atomic mass is 32.1. The molecule has 0 aliphatic heterocycles. The fourth-order valence-electron chi connectivity index (χ4n) is 4.32. The van der Waals surface area contributed by atoms with E-state index in [0.717, 1.165) is 37.2 Å². The monoisotopic (exact) mass is 443 g/mol. The number of carboxylic acids is 1. The third-order valence-electron chi connectivity index (χ3n) is 5.82. The second kappa shape index (κ2) is 8.48. The fraction of sp³-hybridized carbons (Fsp3) is 0.154. The number of thiophene rings is 1. The molecular formula is C26H21NO4S. The number of rotatable bonds is 6. The van der Waals surface area contributed by atoms with Gasteiger partial charge in [-0.25, -0.2) is 9.59 Å². The molecule has 1 amide bonds. The molecule has 0 unspecified atom stereocenters. The minimum absolute atomic E-state index is 0.0703. The summed E-state index contributed by atoms with van der Waals surface area (Å²) in [6.45, 7) is 0.148. The van der Waals surface area contributed by atoms with E-state index in [9.17, 15) is 14.7 Å². The minimum Gasteiger partial charge on any atom is -0.480 e. The molecule has 1 aliphatic carbocycles. The van der Waals surface area contributed by atoms with Gasteiger partial charge in [0.15, 0.2) is 0 Å². The summed E-state index contributed by atoms with van der Waals surface area (Å²) in [6, 6.07) is 25.0. The first-order valence-corrected chi connectivity index (χ1v) is 11.2. The van der Waals surface area contributed by atoms with Crippen LogP contribution in [-0.2, 0) is 16.0 Å². The Morgan fingerprint density at radius 2 is 1.56 bits per heavy atom. The number of hydrogen-bond acceptors (Lipinski definition) is 4. The maximum atomic E-state index is 12.5. The lowest BCUT2D eigenvalue weighted by molar-refractivity contribution is -0.139. The maximum absolute atomic E-state index is 12.5. The van der Waals surface area contributed by atoms with Gasteiger partial charge < -0.3 is 15.2 Å². The van der Waals surface area contributed by atoms with E-state index in [1.54, 1.807) is 0 Å². The Bertz CT molecular complexity index is 1230. The summed E-state index contributed by atoms with van der Waals surface area (Å²) in [7, 11) is 0. The molecule has 6 heteroatoms. The van der Waals surface area contributed by atoms with Gasteiger partial charge in [-0.2, -0.15) is 0 Å². The van der Waals surface area contributed by atoms with E-state index >= 15 is 0 Å². The number of nitrogens with one attached hydrogen (secondary N) is 1. The number of hydrogen-bond donors (Lipinski definition) is 2. The van der Waals surface area contributed by atoms with Gasteiger partial charge in [0.1, 0.15) is 12.6 Å². The molecule has 0 saturated heterocycles. The molecule has 32 heavy (non-hydrogen) atoms. The van der Waals surface area contributed by atoms with Crippen LogP contribution in [0, 0.1) is 0 Å². The van der Waals surface area contributed by atoms with Gasteiger partial charge in [0.05, 0.1) is 0 Å². The van der Waals surface area contributed by atoms with Crippen molar-refractivity contribution in [3.8, 4) is 11.1 Å². The SMILES string of the molecule is O=C(N[C@@H](Cc1cc2ccccc2s1)C(=O)O)OCC1c2ccccc2-c2ccccc21. The zero-order valence-electron chi connectivity index (χ0n) is 17.2. The van der Waals surface area contributed by atoms with Crippen LogP contribution in [0.4, 0.5) is 4.79 Å². The van der Waals surface area contributed by atoms with Crippen molar-refractivity contribution in [1.29, 1.82) is 0 Å². The Hall–Kier alpha value is -3.64. The highest BCUT2D eigenvalue weighted by Crippen LogP contribution is 2.44. The molecule has 0 bridgehead atoms. The van der Waals surface area contributed by atoms with Crippen molar-refractivity contribution in [2.75, 3.05) is 6.61 Å². The average Bonchev–Trinajstić information content (AvgIpc) is 3.35. The van der Waals surface area contributed by atoms with Crippen LogP contribution in [0.1, 0.15) is 21.9 Å². The molecule has 0 saturated carbocycles. The highest BCUT2D eigenvalue weighted by molar-refractivity contribution is 7.19. The van der Waals surface area contributed by atoms with E-state index in [4.69, 9.17) is 4.74 Å². The topological polar surface area (TPSA) is 75.6 Å². The normalized spacial score (nSPS) is 13.4. The van der Waals surface area contributed by atoms with E-state index in [2.05, 4.69) is 17.4 Å². The molecule has 1 aromatic heterocycles. The number of ether oxygens (including phenoxy) is 1. The Labute approximate surface area is 189 Å². The fourth-order valence-corrected chi connectivity index (χ4v) is 5.43. The van der Waals surface area contributed by atoms with E-state index < -0.39 is 18.1 Å².